The molecule has 1 aliphatic heterocycles. The highest BCUT2D eigenvalue weighted by Crippen LogP contribution is 2.28. The van der Waals surface area contributed by atoms with Gasteiger partial charge >= 0.3 is 0 Å². The third kappa shape index (κ3) is 2.79. The average Bonchev–Trinajstić information content (AvgIpc) is 3.23. The first kappa shape index (κ1) is 13.9. The molecule has 2 fully saturated rings. The van der Waals surface area contributed by atoms with Gasteiger partial charge in [-0.05, 0) is 31.7 Å². The van der Waals surface area contributed by atoms with E-state index in [1.807, 2.05) is 0 Å². The summed E-state index contributed by atoms with van der Waals surface area (Å²) >= 11 is 0. The summed E-state index contributed by atoms with van der Waals surface area (Å²) in [4.78, 5) is 18.5. The molecule has 1 atom stereocenters. The van der Waals surface area contributed by atoms with Crippen molar-refractivity contribution in [3.63, 3.8) is 0 Å². The summed E-state index contributed by atoms with van der Waals surface area (Å²) in [5.41, 5.74) is 1.64. The lowest BCUT2D eigenvalue weighted by Crippen LogP contribution is -2.35. The van der Waals surface area contributed by atoms with Crippen LogP contribution in [0.1, 0.15) is 38.5 Å². The predicted molar refractivity (Wildman–Crippen MR) is 86.7 cm³/mol. The molecular formula is C16H24N6. The molecule has 1 saturated heterocycles. The van der Waals surface area contributed by atoms with Crippen molar-refractivity contribution in [3.05, 3.63) is 12.7 Å². The summed E-state index contributed by atoms with van der Waals surface area (Å²) in [6.07, 6.45) is 11.6. The Balaban J connectivity index is 1.34. The maximum absolute atomic E-state index is 4.34. The first-order valence-corrected chi connectivity index (χ1v) is 8.52. The Hall–Kier alpha value is -1.69. The van der Waals surface area contributed by atoms with Gasteiger partial charge in [0.2, 0.25) is 0 Å². The number of nitrogens with zero attached hydrogens (tertiary/aromatic N) is 4. The fourth-order valence-corrected chi connectivity index (χ4v) is 3.95. The molecule has 6 heteroatoms. The Labute approximate surface area is 130 Å². The molecule has 1 saturated carbocycles. The number of fused-ring (bicyclic) bond motifs is 1. The number of hydrogen-bond donors (Lipinski definition) is 2. The van der Waals surface area contributed by atoms with Gasteiger partial charge in [-0.2, -0.15) is 0 Å². The van der Waals surface area contributed by atoms with E-state index in [4.69, 9.17) is 0 Å². The lowest BCUT2D eigenvalue weighted by atomic mass is 9.94. The smallest absolute Gasteiger partial charge is 0.182 e. The SMILES string of the molecule is c1nc(NC[C@H]2CCN(C3CCCCC3)C2)c2[nH]cnc2n1. The van der Waals surface area contributed by atoms with E-state index < -0.39 is 0 Å². The van der Waals surface area contributed by atoms with Gasteiger partial charge in [-0.1, -0.05) is 19.3 Å². The molecule has 2 aliphatic rings. The van der Waals surface area contributed by atoms with Crippen LogP contribution in [0.5, 0.6) is 0 Å². The number of nitrogens with one attached hydrogen (secondary N) is 2. The summed E-state index contributed by atoms with van der Waals surface area (Å²) < 4.78 is 0. The van der Waals surface area contributed by atoms with Gasteiger partial charge in [-0.25, -0.2) is 15.0 Å². The van der Waals surface area contributed by atoms with E-state index in [0.717, 1.165) is 35.5 Å². The van der Waals surface area contributed by atoms with Crippen molar-refractivity contribution in [2.24, 2.45) is 5.92 Å². The van der Waals surface area contributed by atoms with Gasteiger partial charge < -0.3 is 15.2 Å². The molecule has 0 bridgehead atoms. The summed E-state index contributed by atoms with van der Waals surface area (Å²) in [7, 11) is 0. The molecule has 0 amide bonds. The normalized spacial score (nSPS) is 24.1. The molecule has 0 radical (unpaired) electrons. The summed E-state index contributed by atoms with van der Waals surface area (Å²) in [6.45, 7) is 3.48. The van der Waals surface area contributed by atoms with Gasteiger partial charge in [0.05, 0.1) is 6.33 Å². The number of hydrogen-bond acceptors (Lipinski definition) is 5. The maximum atomic E-state index is 4.34. The van der Waals surface area contributed by atoms with E-state index in [2.05, 4.69) is 30.2 Å². The van der Waals surface area contributed by atoms with Crippen molar-refractivity contribution in [2.45, 2.75) is 44.6 Å². The lowest BCUT2D eigenvalue weighted by Gasteiger charge is -2.31. The van der Waals surface area contributed by atoms with E-state index in [1.165, 1.54) is 51.6 Å². The van der Waals surface area contributed by atoms with Crippen molar-refractivity contribution in [1.29, 1.82) is 0 Å². The minimum Gasteiger partial charge on any atom is -0.368 e. The summed E-state index contributed by atoms with van der Waals surface area (Å²) in [6, 6.07) is 0.845. The molecule has 22 heavy (non-hydrogen) atoms. The molecule has 118 valence electrons. The molecule has 1 aliphatic carbocycles. The molecule has 0 aromatic carbocycles. The van der Waals surface area contributed by atoms with E-state index in [0.29, 0.717) is 0 Å². The fourth-order valence-electron chi connectivity index (χ4n) is 3.95. The van der Waals surface area contributed by atoms with Gasteiger partial charge in [0, 0.05) is 19.1 Å². The monoisotopic (exact) mass is 300 g/mol. The van der Waals surface area contributed by atoms with Crippen LogP contribution in [0, 0.1) is 5.92 Å². The lowest BCUT2D eigenvalue weighted by molar-refractivity contribution is 0.186. The van der Waals surface area contributed by atoms with Gasteiger partial charge in [0.25, 0.3) is 0 Å². The minimum atomic E-state index is 0.717. The van der Waals surface area contributed by atoms with Crippen LogP contribution in [0.15, 0.2) is 12.7 Å². The second-order valence-electron chi connectivity index (χ2n) is 6.65. The first-order chi connectivity index (χ1) is 10.9. The molecule has 6 nitrogen and oxygen atoms in total. The molecule has 2 N–H and O–H groups in total. The zero-order valence-electron chi connectivity index (χ0n) is 13.0. The average molecular weight is 300 g/mol. The highest BCUT2D eigenvalue weighted by molar-refractivity contribution is 5.81. The number of likely N-dealkylation sites (tertiary alicyclic amines) is 1. The number of imidazole rings is 1. The summed E-state index contributed by atoms with van der Waals surface area (Å²) in [5, 5.41) is 3.49. The molecular weight excluding hydrogens is 276 g/mol. The third-order valence-electron chi connectivity index (χ3n) is 5.19. The Bertz CT molecular complexity index is 618. The Kier molecular flexibility index (Phi) is 3.93. The fraction of sp³-hybridized carbons (Fsp3) is 0.688. The van der Waals surface area contributed by atoms with Crippen LogP contribution in [0.3, 0.4) is 0 Å². The quantitative estimate of drug-likeness (QED) is 0.907. The Morgan fingerprint density at radius 1 is 1.14 bits per heavy atom. The molecule has 2 aromatic heterocycles. The number of H-pyrrole nitrogens is 1. The van der Waals surface area contributed by atoms with Crippen LogP contribution in [-0.2, 0) is 0 Å². The topological polar surface area (TPSA) is 69.7 Å². The highest BCUT2D eigenvalue weighted by Gasteiger charge is 2.28. The van der Waals surface area contributed by atoms with Gasteiger partial charge in [0.15, 0.2) is 11.5 Å². The molecule has 0 spiro atoms. The van der Waals surface area contributed by atoms with Crippen molar-refractivity contribution in [2.75, 3.05) is 25.0 Å². The highest BCUT2D eigenvalue weighted by atomic mass is 15.2. The largest absolute Gasteiger partial charge is 0.368 e. The summed E-state index contributed by atoms with van der Waals surface area (Å²) in [5.74, 6) is 1.59. The van der Waals surface area contributed by atoms with E-state index in [9.17, 15) is 0 Å². The van der Waals surface area contributed by atoms with Crippen LogP contribution in [0.2, 0.25) is 0 Å². The van der Waals surface area contributed by atoms with Crippen molar-refractivity contribution < 1.29 is 0 Å². The van der Waals surface area contributed by atoms with Crippen LogP contribution in [0.4, 0.5) is 5.82 Å². The van der Waals surface area contributed by atoms with Gasteiger partial charge in [-0.3, -0.25) is 0 Å². The number of anilines is 1. The van der Waals surface area contributed by atoms with Gasteiger partial charge in [0.1, 0.15) is 11.8 Å². The van der Waals surface area contributed by atoms with E-state index in [1.54, 1.807) is 12.7 Å². The number of rotatable bonds is 4. The first-order valence-electron chi connectivity index (χ1n) is 8.52. The van der Waals surface area contributed by atoms with Crippen LogP contribution in [0.25, 0.3) is 11.2 Å². The third-order valence-corrected chi connectivity index (χ3v) is 5.19. The zero-order valence-corrected chi connectivity index (χ0v) is 13.0. The molecule has 0 unspecified atom stereocenters. The number of aromatic amines is 1. The zero-order chi connectivity index (χ0) is 14.8. The number of aromatic nitrogens is 4. The molecule has 3 heterocycles. The van der Waals surface area contributed by atoms with Crippen molar-refractivity contribution in [1.82, 2.24) is 24.8 Å². The van der Waals surface area contributed by atoms with E-state index in [-0.39, 0.29) is 0 Å². The predicted octanol–water partition coefficient (Wildman–Crippen LogP) is 2.42. The molecule has 2 aromatic rings. The van der Waals surface area contributed by atoms with Crippen LogP contribution in [-0.4, -0.2) is 50.5 Å². The van der Waals surface area contributed by atoms with Crippen LogP contribution < -0.4 is 5.32 Å². The van der Waals surface area contributed by atoms with E-state index >= 15 is 0 Å². The standard InChI is InChI=1S/C16H24N6/c1-2-4-13(5-3-1)22-7-6-12(9-22)8-17-15-14-16(19-10-18-14)21-11-20-15/h10-13H,1-9H2,(H2,17,18,19,20,21)/t12-/m1/s1. The second-order valence-corrected chi connectivity index (χ2v) is 6.65. The van der Waals surface area contributed by atoms with Crippen molar-refractivity contribution in [3.8, 4) is 0 Å². The second kappa shape index (κ2) is 6.20. The Morgan fingerprint density at radius 2 is 2.05 bits per heavy atom. The molecule has 4 rings (SSSR count). The maximum Gasteiger partial charge on any atom is 0.182 e. The minimum absolute atomic E-state index is 0.717. The van der Waals surface area contributed by atoms with Gasteiger partial charge in [-0.15, -0.1) is 0 Å². The van der Waals surface area contributed by atoms with Crippen molar-refractivity contribution >= 4 is 17.0 Å². The Morgan fingerprint density at radius 3 is 2.95 bits per heavy atom. The van der Waals surface area contributed by atoms with Crippen LogP contribution >= 0.6 is 0 Å².